The van der Waals surface area contributed by atoms with Gasteiger partial charge in [0, 0.05) is 17.9 Å². The Labute approximate surface area is 124 Å². The average molecular weight is 286 g/mol. The summed E-state index contributed by atoms with van der Waals surface area (Å²) in [4.78, 5) is 4.87. The molecular weight excluding hydrogens is 264 g/mol. The van der Waals surface area contributed by atoms with Gasteiger partial charge in [-0.2, -0.15) is 0 Å². The molecule has 2 fully saturated rings. The first-order chi connectivity index (χ1) is 9.81. The summed E-state index contributed by atoms with van der Waals surface area (Å²) in [7, 11) is 0. The lowest BCUT2D eigenvalue weighted by Gasteiger charge is -2.36. The van der Waals surface area contributed by atoms with Crippen LogP contribution >= 0.6 is 11.3 Å². The van der Waals surface area contributed by atoms with E-state index in [1.54, 1.807) is 0 Å². The van der Waals surface area contributed by atoms with Crippen LogP contribution in [0.2, 0.25) is 0 Å². The molecule has 2 nitrogen and oxygen atoms in total. The molecular formula is C17H22N2S. The highest BCUT2D eigenvalue weighted by atomic mass is 32.1. The number of benzene rings is 1. The third-order valence-electron chi connectivity index (χ3n) is 5.14. The third-order valence-corrected chi connectivity index (χ3v) is 6.34. The molecule has 20 heavy (non-hydrogen) atoms. The zero-order valence-electron chi connectivity index (χ0n) is 11.9. The number of nitrogens with two attached hydrogens (primary N) is 1. The van der Waals surface area contributed by atoms with Crippen LogP contribution in [0.5, 0.6) is 0 Å². The molecule has 1 heterocycles. The van der Waals surface area contributed by atoms with Gasteiger partial charge in [-0.05, 0) is 43.4 Å². The summed E-state index contributed by atoms with van der Waals surface area (Å²) in [6.07, 6.45) is 9.16. The molecule has 0 aliphatic heterocycles. The lowest BCUT2D eigenvalue weighted by Crippen LogP contribution is -2.37. The Balaban J connectivity index is 1.74. The van der Waals surface area contributed by atoms with E-state index in [9.17, 15) is 0 Å². The minimum absolute atomic E-state index is 0.218. The predicted octanol–water partition coefficient (Wildman–Crippen LogP) is 4.33. The average Bonchev–Trinajstić information content (AvgIpc) is 3.27. The molecule has 2 N–H and O–H groups in total. The molecule has 2 aliphatic carbocycles. The van der Waals surface area contributed by atoms with Gasteiger partial charge < -0.3 is 5.73 Å². The highest BCUT2D eigenvalue weighted by molar-refractivity contribution is 7.18. The van der Waals surface area contributed by atoms with Crippen LogP contribution in [0.1, 0.15) is 61.4 Å². The fourth-order valence-corrected chi connectivity index (χ4v) is 4.74. The van der Waals surface area contributed by atoms with Crippen LogP contribution in [-0.4, -0.2) is 11.5 Å². The van der Waals surface area contributed by atoms with Crippen LogP contribution in [0.25, 0.3) is 10.2 Å². The highest BCUT2D eigenvalue weighted by Gasteiger charge is 2.33. The van der Waals surface area contributed by atoms with E-state index in [-0.39, 0.29) is 5.41 Å². The molecule has 0 bridgehead atoms. The van der Waals surface area contributed by atoms with Gasteiger partial charge in [0.05, 0.1) is 15.2 Å². The molecule has 1 aromatic heterocycles. The van der Waals surface area contributed by atoms with E-state index in [1.165, 1.54) is 65.7 Å². The van der Waals surface area contributed by atoms with Gasteiger partial charge in [-0.1, -0.05) is 25.3 Å². The maximum Gasteiger partial charge on any atom is 0.0969 e. The van der Waals surface area contributed by atoms with Crippen molar-refractivity contribution in [2.24, 2.45) is 5.73 Å². The lowest BCUT2D eigenvalue weighted by atomic mass is 9.69. The van der Waals surface area contributed by atoms with Crippen LogP contribution in [0.4, 0.5) is 0 Å². The van der Waals surface area contributed by atoms with E-state index in [2.05, 4.69) is 18.2 Å². The summed E-state index contributed by atoms with van der Waals surface area (Å²) >= 11 is 1.89. The van der Waals surface area contributed by atoms with E-state index in [1.807, 2.05) is 11.3 Å². The fourth-order valence-electron chi connectivity index (χ4n) is 3.62. The molecule has 0 radical (unpaired) electrons. The van der Waals surface area contributed by atoms with E-state index in [0.29, 0.717) is 0 Å². The highest BCUT2D eigenvalue weighted by Crippen LogP contribution is 2.44. The van der Waals surface area contributed by atoms with E-state index < -0.39 is 0 Å². The number of nitrogens with zero attached hydrogens (tertiary/aromatic N) is 1. The van der Waals surface area contributed by atoms with Gasteiger partial charge in [-0.15, -0.1) is 11.3 Å². The van der Waals surface area contributed by atoms with Crippen LogP contribution in [0.15, 0.2) is 18.2 Å². The number of hydrogen-bond donors (Lipinski definition) is 1. The molecule has 106 valence electrons. The molecule has 2 aliphatic rings. The number of fused-ring (bicyclic) bond motifs is 1. The van der Waals surface area contributed by atoms with E-state index in [4.69, 9.17) is 10.7 Å². The Hall–Kier alpha value is -0.930. The van der Waals surface area contributed by atoms with E-state index in [0.717, 1.165) is 12.5 Å². The summed E-state index contributed by atoms with van der Waals surface area (Å²) in [6, 6.07) is 6.92. The fraction of sp³-hybridized carbons (Fsp3) is 0.588. The monoisotopic (exact) mass is 286 g/mol. The van der Waals surface area contributed by atoms with Gasteiger partial charge in [-0.3, -0.25) is 0 Å². The van der Waals surface area contributed by atoms with Crippen molar-refractivity contribution in [3.8, 4) is 0 Å². The van der Waals surface area contributed by atoms with Crippen LogP contribution in [0.3, 0.4) is 0 Å². The molecule has 0 spiro atoms. The van der Waals surface area contributed by atoms with Gasteiger partial charge in [0.25, 0.3) is 0 Å². The van der Waals surface area contributed by atoms with E-state index >= 15 is 0 Å². The molecule has 2 aromatic rings. The topological polar surface area (TPSA) is 38.9 Å². The van der Waals surface area contributed by atoms with Crippen molar-refractivity contribution in [2.45, 2.75) is 56.3 Å². The van der Waals surface area contributed by atoms with Gasteiger partial charge in [0.15, 0.2) is 0 Å². The Morgan fingerprint density at radius 2 is 2.00 bits per heavy atom. The smallest absolute Gasteiger partial charge is 0.0969 e. The largest absolute Gasteiger partial charge is 0.330 e. The standard InChI is InChI=1S/C17H22N2S/c18-11-17(8-2-1-3-9-17)13-6-7-15-14(10-13)19-16(20-15)12-4-5-12/h6-7,10,12H,1-5,8-9,11,18H2. The van der Waals surface area contributed by atoms with Crippen molar-refractivity contribution in [1.82, 2.24) is 4.98 Å². The Kier molecular flexibility index (Phi) is 3.08. The van der Waals surface area contributed by atoms with Gasteiger partial charge >= 0.3 is 0 Å². The predicted molar refractivity (Wildman–Crippen MR) is 85.4 cm³/mol. The zero-order valence-corrected chi connectivity index (χ0v) is 12.7. The molecule has 0 saturated heterocycles. The van der Waals surface area contributed by atoms with Crippen molar-refractivity contribution in [2.75, 3.05) is 6.54 Å². The van der Waals surface area contributed by atoms with Crippen molar-refractivity contribution in [1.29, 1.82) is 0 Å². The maximum atomic E-state index is 6.16. The minimum Gasteiger partial charge on any atom is -0.330 e. The normalized spacial score (nSPS) is 22.2. The summed E-state index contributed by atoms with van der Waals surface area (Å²) in [5, 5.41) is 1.35. The summed E-state index contributed by atoms with van der Waals surface area (Å²) in [6.45, 7) is 0.776. The number of thiazole rings is 1. The van der Waals surface area contributed by atoms with Gasteiger partial charge in [0.1, 0.15) is 0 Å². The maximum absolute atomic E-state index is 6.16. The van der Waals surface area contributed by atoms with Gasteiger partial charge in [-0.25, -0.2) is 4.98 Å². The summed E-state index contributed by atoms with van der Waals surface area (Å²) in [5.74, 6) is 0.758. The van der Waals surface area contributed by atoms with Crippen molar-refractivity contribution >= 4 is 21.6 Å². The first-order valence-electron chi connectivity index (χ1n) is 7.92. The molecule has 3 heteroatoms. The van der Waals surface area contributed by atoms with Crippen molar-refractivity contribution in [3.05, 3.63) is 28.8 Å². The van der Waals surface area contributed by atoms with Crippen LogP contribution in [-0.2, 0) is 5.41 Å². The minimum atomic E-state index is 0.218. The number of aromatic nitrogens is 1. The van der Waals surface area contributed by atoms with Crippen LogP contribution in [0, 0.1) is 0 Å². The molecule has 2 saturated carbocycles. The first-order valence-corrected chi connectivity index (χ1v) is 8.73. The molecule has 0 unspecified atom stereocenters. The lowest BCUT2D eigenvalue weighted by molar-refractivity contribution is 0.301. The summed E-state index contributed by atoms with van der Waals surface area (Å²) < 4.78 is 1.35. The second kappa shape index (κ2) is 4.81. The molecule has 1 aromatic carbocycles. The first kappa shape index (κ1) is 12.8. The van der Waals surface area contributed by atoms with Gasteiger partial charge in [0.2, 0.25) is 0 Å². The Morgan fingerprint density at radius 3 is 2.70 bits per heavy atom. The molecule has 0 amide bonds. The second-order valence-electron chi connectivity index (χ2n) is 6.55. The summed E-state index contributed by atoms with van der Waals surface area (Å²) in [5.41, 5.74) is 9.01. The number of hydrogen-bond acceptors (Lipinski definition) is 3. The quantitative estimate of drug-likeness (QED) is 0.912. The number of rotatable bonds is 3. The third kappa shape index (κ3) is 2.08. The SMILES string of the molecule is NCC1(c2ccc3sc(C4CC4)nc3c2)CCCCC1. The molecule has 0 atom stereocenters. The second-order valence-corrected chi connectivity index (χ2v) is 7.62. The zero-order chi connectivity index (χ0) is 13.6. The van der Waals surface area contributed by atoms with Crippen LogP contribution < -0.4 is 5.73 Å². The Morgan fingerprint density at radius 1 is 1.20 bits per heavy atom. The van der Waals surface area contributed by atoms with Crippen molar-refractivity contribution < 1.29 is 0 Å². The molecule has 4 rings (SSSR count). The van der Waals surface area contributed by atoms with Crippen molar-refractivity contribution in [3.63, 3.8) is 0 Å². The Bertz CT molecular complexity index is 621.